The summed E-state index contributed by atoms with van der Waals surface area (Å²) in [6.07, 6.45) is 0.00176. The van der Waals surface area contributed by atoms with Gasteiger partial charge in [-0.05, 0) is 19.1 Å². The molecule has 5 heteroatoms. The quantitative estimate of drug-likeness (QED) is 0.758. The van der Waals surface area contributed by atoms with E-state index in [1.165, 1.54) is 13.2 Å². The fourth-order valence-corrected chi connectivity index (χ4v) is 1.58. The van der Waals surface area contributed by atoms with Gasteiger partial charge in [-0.2, -0.15) is 0 Å². The molecular weight excluding hydrogens is 222 g/mol. The highest BCUT2D eigenvalue weighted by molar-refractivity contribution is 5.71. The van der Waals surface area contributed by atoms with Crippen LogP contribution in [0.15, 0.2) is 18.2 Å². The van der Waals surface area contributed by atoms with E-state index < -0.39 is 12.0 Å². The maximum absolute atomic E-state index is 11.3. The van der Waals surface area contributed by atoms with Gasteiger partial charge in [-0.1, -0.05) is 6.07 Å². The lowest BCUT2D eigenvalue weighted by Gasteiger charge is -2.16. The first kappa shape index (κ1) is 13.3. The van der Waals surface area contributed by atoms with Crippen LogP contribution in [0, 0.1) is 0 Å². The van der Waals surface area contributed by atoms with Crippen LogP contribution in [0.25, 0.3) is 0 Å². The number of methoxy groups -OCH3 is 1. The first-order valence-electron chi connectivity index (χ1n) is 5.37. The Morgan fingerprint density at radius 1 is 1.53 bits per heavy atom. The fourth-order valence-electron chi connectivity index (χ4n) is 1.58. The molecule has 0 saturated heterocycles. The Morgan fingerprint density at radius 2 is 2.24 bits per heavy atom. The molecule has 0 aliphatic carbocycles. The van der Waals surface area contributed by atoms with Gasteiger partial charge in [0, 0.05) is 6.04 Å². The van der Waals surface area contributed by atoms with Crippen LogP contribution >= 0.6 is 0 Å². The molecule has 0 unspecified atom stereocenters. The first-order valence-corrected chi connectivity index (χ1v) is 5.37. The molecule has 0 aliphatic heterocycles. The van der Waals surface area contributed by atoms with E-state index >= 15 is 0 Å². The van der Waals surface area contributed by atoms with Crippen LogP contribution in [-0.2, 0) is 9.53 Å². The van der Waals surface area contributed by atoms with Gasteiger partial charge in [0.25, 0.3) is 0 Å². The zero-order valence-electron chi connectivity index (χ0n) is 9.97. The normalized spacial score (nSPS) is 11.9. The lowest BCUT2D eigenvalue weighted by Crippen LogP contribution is -2.18. The number of carbonyl (C=O) groups is 1. The zero-order chi connectivity index (χ0) is 12.8. The second-order valence-corrected chi connectivity index (χ2v) is 3.51. The molecule has 0 bridgehead atoms. The van der Waals surface area contributed by atoms with E-state index in [1.54, 1.807) is 19.1 Å². The molecule has 1 aromatic rings. The van der Waals surface area contributed by atoms with Gasteiger partial charge in [0.05, 0.1) is 25.7 Å². The van der Waals surface area contributed by atoms with E-state index in [-0.39, 0.29) is 12.2 Å². The van der Waals surface area contributed by atoms with Gasteiger partial charge >= 0.3 is 5.97 Å². The number of nitrogens with two attached hydrogens (primary N) is 1. The van der Waals surface area contributed by atoms with Crippen LogP contribution in [0.2, 0.25) is 0 Å². The number of phenols is 1. The summed E-state index contributed by atoms with van der Waals surface area (Å²) < 4.78 is 9.90. The number of benzene rings is 1. The molecule has 1 atom stereocenters. The molecule has 0 saturated carbocycles. The third kappa shape index (κ3) is 3.35. The standard InChI is InChI=1S/C12H17NO4/c1-3-17-11(15)7-8(13)12-9(14)5-4-6-10(12)16-2/h4-6,8,14H,3,7,13H2,1-2H3/t8-/m0/s1. The molecule has 0 amide bonds. The van der Waals surface area contributed by atoms with Crippen LogP contribution in [0.5, 0.6) is 11.5 Å². The highest BCUT2D eigenvalue weighted by Gasteiger charge is 2.19. The molecule has 1 aromatic carbocycles. The topological polar surface area (TPSA) is 81.8 Å². The largest absolute Gasteiger partial charge is 0.507 e. The number of carbonyl (C=O) groups excluding carboxylic acids is 1. The minimum absolute atomic E-state index is 0.00176. The number of ether oxygens (including phenoxy) is 2. The van der Waals surface area contributed by atoms with Crippen molar-refractivity contribution >= 4 is 5.97 Å². The van der Waals surface area contributed by atoms with Gasteiger partial charge in [-0.25, -0.2) is 0 Å². The molecule has 0 aromatic heterocycles. The van der Waals surface area contributed by atoms with Gasteiger partial charge in [0.15, 0.2) is 0 Å². The van der Waals surface area contributed by atoms with Gasteiger partial charge in [0.2, 0.25) is 0 Å². The Bertz CT molecular complexity index is 392. The van der Waals surface area contributed by atoms with Crippen molar-refractivity contribution in [1.29, 1.82) is 0 Å². The highest BCUT2D eigenvalue weighted by atomic mass is 16.5. The smallest absolute Gasteiger partial charge is 0.307 e. The maximum atomic E-state index is 11.3. The van der Waals surface area contributed by atoms with Crippen molar-refractivity contribution in [2.45, 2.75) is 19.4 Å². The van der Waals surface area contributed by atoms with E-state index in [0.717, 1.165) is 0 Å². The number of hydrogen-bond acceptors (Lipinski definition) is 5. The number of aromatic hydroxyl groups is 1. The molecule has 1 rings (SSSR count). The van der Waals surface area contributed by atoms with Gasteiger partial charge in [0.1, 0.15) is 11.5 Å². The van der Waals surface area contributed by atoms with Crippen molar-refractivity contribution in [1.82, 2.24) is 0 Å². The fraction of sp³-hybridized carbons (Fsp3) is 0.417. The Hall–Kier alpha value is -1.75. The van der Waals surface area contributed by atoms with Gasteiger partial charge in [-0.3, -0.25) is 4.79 Å². The van der Waals surface area contributed by atoms with Crippen molar-refractivity contribution < 1.29 is 19.4 Å². The molecule has 0 spiro atoms. The average molecular weight is 239 g/mol. The van der Waals surface area contributed by atoms with Crippen LogP contribution in [0.1, 0.15) is 24.9 Å². The Kier molecular flexibility index (Phi) is 4.78. The van der Waals surface area contributed by atoms with Crippen LogP contribution in [0.4, 0.5) is 0 Å². The summed E-state index contributed by atoms with van der Waals surface area (Å²) in [5.74, 6) is 0.0771. The number of phenolic OH excluding ortho intramolecular Hbond substituents is 1. The Balaban J connectivity index is 2.87. The lowest BCUT2D eigenvalue weighted by molar-refractivity contribution is -0.143. The summed E-state index contributed by atoms with van der Waals surface area (Å²) in [6.45, 7) is 2.04. The minimum atomic E-state index is -0.648. The third-order valence-electron chi connectivity index (χ3n) is 2.33. The second kappa shape index (κ2) is 6.10. The summed E-state index contributed by atoms with van der Waals surface area (Å²) in [7, 11) is 1.48. The average Bonchev–Trinajstić information content (AvgIpc) is 2.28. The molecule has 3 N–H and O–H groups in total. The Labute approximate surface area is 100 Å². The molecule has 17 heavy (non-hydrogen) atoms. The van der Waals surface area contributed by atoms with Crippen LogP contribution < -0.4 is 10.5 Å². The monoisotopic (exact) mass is 239 g/mol. The summed E-state index contributed by atoms with van der Waals surface area (Å²) in [5, 5.41) is 9.72. The van der Waals surface area contributed by atoms with E-state index in [4.69, 9.17) is 15.2 Å². The molecular formula is C12H17NO4. The van der Waals surface area contributed by atoms with E-state index in [1.807, 2.05) is 0 Å². The highest BCUT2D eigenvalue weighted by Crippen LogP contribution is 2.33. The van der Waals surface area contributed by atoms with Crippen molar-refractivity contribution in [3.8, 4) is 11.5 Å². The van der Waals surface area contributed by atoms with Crippen molar-refractivity contribution in [2.75, 3.05) is 13.7 Å². The predicted octanol–water partition coefficient (Wildman–Crippen LogP) is 1.35. The number of rotatable bonds is 5. The van der Waals surface area contributed by atoms with Crippen molar-refractivity contribution in [2.24, 2.45) is 5.73 Å². The van der Waals surface area contributed by atoms with Gasteiger partial charge in [-0.15, -0.1) is 0 Å². The summed E-state index contributed by atoms with van der Waals surface area (Å²) >= 11 is 0. The number of esters is 1. The van der Waals surface area contributed by atoms with Gasteiger partial charge < -0.3 is 20.3 Å². The molecule has 94 valence electrons. The van der Waals surface area contributed by atoms with Crippen LogP contribution in [0.3, 0.4) is 0 Å². The van der Waals surface area contributed by atoms with E-state index in [0.29, 0.717) is 17.9 Å². The minimum Gasteiger partial charge on any atom is -0.507 e. The molecule has 5 nitrogen and oxygen atoms in total. The zero-order valence-corrected chi connectivity index (χ0v) is 9.97. The predicted molar refractivity (Wildman–Crippen MR) is 62.8 cm³/mol. The summed E-state index contributed by atoms with van der Waals surface area (Å²) in [6, 6.07) is 4.18. The molecule has 0 heterocycles. The SMILES string of the molecule is CCOC(=O)C[C@H](N)c1c(O)cccc1OC. The van der Waals surface area contributed by atoms with E-state index in [2.05, 4.69) is 0 Å². The molecule has 0 fully saturated rings. The van der Waals surface area contributed by atoms with Crippen LogP contribution in [-0.4, -0.2) is 24.8 Å². The second-order valence-electron chi connectivity index (χ2n) is 3.51. The third-order valence-corrected chi connectivity index (χ3v) is 2.33. The van der Waals surface area contributed by atoms with E-state index in [9.17, 15) is 9.90 Å². The number of hydrogen-bond donors (Lipinski definition) is 2. The first-order chi connectivity index (χ1) is 8.10. The lowest BCUT2D eigenvalue weighted by atomic mass is 10.0. The van der Waals surface area contributed by atoms with Crippen molar-refractivity contribution in [3.05, 3.63) is 23.8 Å². The maximum Gasteiger partial charge on any atom is 0.307 e. The molecule has 0 radical (unpaired) electrons. The Morgan fingerprint density at radius 3 is 2.82 bits per heavy atom. The summed E-state index contributed by atoms with van der Waals surface area (Å²) in [4.78, 5) is 11.3. The van der Waals surface area contributed by atoms with Crippen molar-refractivity contribution in [3.63, 3.8) is 0 Å². The molecule has 0 aliphatic rings. The summed E-state index contributed by atoms with van der Waals surface area (Å²) in [5.41, 5.74) is 6.28.